The van der Waals surface area contributed by atoms with E-state index in [4.69, 9.17) is 0 Å². The van der Waals surface area contributed by atoms with Crippen LogP contribution < -0.4 is 10.6 Å². The molecular formula is C17H20BrFN4O. The van der Waals surface area contributed by atoms with Crippen LogP contribution >= 0.6 is 15.9 Å². The number of benzene rings is 1. The Labute approximate surface area is 148 Å². The molecule has 128 valence electrons. The molecule has 5 nitrogen and oxygen atoms in total. The lowest BCUT2D eigenvalue weighted by atomic mass is 9.90. The Balaban J connectivity index is 1.57. The van der Waals surface area contributed by atoms with E-state index < -0.39 is 0 Å². The Morgan fingerprint density at radius 1 is 1.50 bits per heavy atom. The first-order valence-corrected chi connectivity index (χ1v) is 8.75. The highest BCUT2D eigenvalue weighted by Gasteiger charge is 2.34. The molecule has 2 aromatic rings. The molecule has 0 spiro atoms. The van der Waals surface area contributed by atoms with E-state index in [0.29, 0.717) is 25.1 Å². The van der Waals surface area contributed by atoms with E-state index in [1.807, 2.05) is 19.4 Å². The van der Waals surface area contributed by atoms with Gasteiger partial charge in [-0.25, -0.2) is 4.39 Å². The van der Waals surface area contributed by atoms with Crippen LogP contribution in [0.5, 0.6) is 0 Å². The van der Waals surface area contributed by atoms with Gasteiger partial charge in [0.25, 0.3) is 0 Å². The maximum absolute atomic E-state index is 13.7. The van der Waals surface area contributed by atoms with Crippen LogP contribution in [0.15, 0.2) is 35.1 Å². The molecule has 1 amide bonds. The van der Waals surface area contributed by atoms with Crippen LogP contribution in [-0.2, 0) is 18.3 Å². The third-order valence-electron chi connectivity index (χ3n) is 4.41. The fourth-order valence-electron chi connectivity index (χ4n) is 3.12. The van der Waals surface area contributed by atoms with Gasteiger partial charge in [0.2, 0.25) is 5.91 Å². The second-order valence-electron chi connectivity index (χ2n) is 6.10. The van der Waals surface area contributed by atoms with Gasteiger partial charge in [0.15, 0.2) is 0 Å². The summed E-state index contributed by atoms with van der Waals surface area (Å²) in [5, 5.41) is 10.4. The zero-order chi connectivity index (χ0) is 17.1. The molecule has 0 unspecified atom stereocenters. The van der Waals surface area contributed by atoms with Gasteiger partial charge in [-0.2, -0.15) is 5.10 Å². The van der Waals surface area contributed by atoms with Crippen molar-refractivity contribution in [1.29, 1.82) is 0 Å². The highest BCUT2D eigenvalue weighted by Crippen LogP contribution is 2.27. The molecule has 0 saturated carbocycles. The summed E-state index contributed by atoms with van der Waals surface area (Å²) < 4.78 is 16.3. The van der Waals surface area contributed by atoms with Crippen molar-refractivity contribution in [3.05, 3.63) is 52.0 Å². The summed E-state index contributed by atoms with van der Waals surface area (Å²) in [5.74, 6) is -0.240. The number of nitrogens with zero attached hydrogens (tertiary/aromatic N) is 2. The molecule has 0 radical (unpaired) electrons. The molecule has 1 aromatic carbocycles. The minimum absolute atomic E-state index is 0.00394. The first-order chi connectivity index (χ1) is 11.5. The molecule has 2 heterocycles. The lowest BCUT2D eigenvalue weighted by molar-refractivity contribution is -0.124. The molecule has 1 aromatic heterocycles. The van der Waals surface area contributed by atoms with E-state index in [1.54, 1.807) is 16.8 Å². The normalized spacial score (nSPS) is 20.3. The number of carbonyl (C=O) groups excluding carboxylic acids is 1. The van der Waals surface area contributed by atoms with E-state index in [0.717, 1.165) is 16.6 Å². The Morgan fingerprint density at radius 3 is 3.08 bits per heavy atom. The predicted octanol–water partition coefficient (Wildman–Crippen LogP) is 1.98. The highest BCUT2D eigenvalue weighted by molar-refractivity contribution is 9.10. The number of nitrogens with one attached hydrogen (secondary N) is 2. The molecule has 3 rings (SSSR count). The van der Waals surface area contributed by atoms with Gasteiger partial charge in [-0.05, 0) is 35.7 Å². The molecule has 1 saturated heterocycles. The molecule has 7 heteroatoms. The molecule has 0 aliphatic carbocycles. The first kappa shape index (κ1) is 17.1. The lowest BCUT2D eigenvalue weighted by Crippen LogP contribution is -2.35. The Hall–Kier alpha value is -1.73. The average Bonchev–Trinajstić information content (AvgIpc) is 3.19. The summed E-state index contributed by atoms with van der Waals surface area (Å²) in [6, 6.07) is 4.84. The quantitative estimate of drug-likeness (QED) is 0.814. The van der Waals surface area contributed by atoms with Crippen LogP contribution in [0.4, 0.5) is 4.39 Å². The number of halogens is 2. The van der Waals surface area contributed by atoms with Crippen molar-refractivity contribution < 1.29 is 9.18 Å². The van der Waals surface area contributed by atoms with Crippen LogP contribution in [-0.4, -0.2) is 35.3 Å². The second-order valence-corrected chi connectivity index (χ2v) is 7.01. The smallest absolute Gasteiger partial charge is 0.225 e. The van der Waals surface area contributed by atoms with E-state index in [9.17, 15) is 9.18 Å². The third kappa shape index (κ3) is 3.84. The monoisotopic (exact) mass is 394 g/mol. The number of hydrogen-bond acceptors (Lipinski definition) is 3. The van der Waals surface area contributed by atoms with Crippen LogP contribution in [0.3, 0.4) is 0 Å². The van der Waals surface area contributed by atoms with Crippen molar-refractivity contribution >= 4 is 21.8 Å². The van der Waals surface area contributed by atoms with Crippen molar-refractivity contribution in [3.8, 4) is 0 Å². The van der Waals surface area contributed by atoms with Crippen LogP contribution in [0.2, 0.25) is 0 Å². The largest absolute Gasteiger partial charge is 0.355 e. The summed E-state index contributed by atoms with van der Waals surface area (Å²) in [7, 11) is 1.87. The molecule has 1 aliphatic heterocycles. The number of hydrogen-bond donors (Lipinski definition) is 2. The summed E-state index contributed by atoms with van der Waals surface area (Å²) in [6.45, 7) is 1.84. The predicted molar refractivity (Wildman–Crippen MR) is 93.1 cm³/mol. The molecule has 1 fully saturated rings. The van der Waals surface area contributed by atoms with E-state index >= 15 is 0 Å². The highest BCUT2D eigenvalue weighted by atomic mass is 79.9. The van der Waals surface area contributed by atoms with Crippen LogP contribution in [0.1, 0.15) is 17.0 Å². The van der Waals surface area contributed by atoms with Crippen LogP contribution in [0, 0.1) is 11.7 Å². The maximum atomic E-state index is 13.7. The van der Waals surface area contributed by atoms with Gasteiger partial charge in [-0.15, -0.1) is 0 Å². The summed E-state index contributed by atoms with van der Waals surface area (Å²) in [5.41, 5.74) is 1.67. The van der Waals surface area contributed by atoms with Crippen molar-refractivity contribution in [2.45, 2.75) is 12.3 Å². The summed E-state index contributed by atoms with van der Waals surface area (Å²) in [4.78, 5) is 12.5. The summed E-state index contributed by atoms with van der Waals surface area (Å²) in [6.07, 6.45) is 4.23. The lowest BCUT2D eigenvalue weighted by Gasteiger charge is -2.17. The number of amides is 1. The average molecular weight is 395 g/mol. The maximum Gasteiger partial charge on any atom is 0.225 e. The zero-order valence-electron chi connectivity index (χ0n) is 13.4. The van der Waals surface area contributed by atoms with Gasteiger partial charge in [0, 0.05) is 43.3 Å². The number of aromatic nitrogens is 2. The SMILES string of the molecule is Cn1cc([C@H]2CNC[C@@H]2C(=O)NCCc2cc(Br)ccc2F)cn1. The molecule has 2 atom stereocenters. The number of rotatable bonds is 5. The third-order valence-corrected chi connectivity index (χ3v) is 4.90. The van der Waals surface area contributed by atoms with Crippen molar-refractivity contribution in [2.24, 2.45) is 13.0 Å². The fraction of sp³-hybridized carbons (Fsp3) is 0.412. The number of aryl methyl sites for hydroxylation is 1. The topological polar surface area (TPSA) is 59.0 Å². The fourth-order valence-corrected chi connectivity index (χ4v) is 3.53. The van der Waals surface area contributed by atoms with E-state index in [2.05, 4.69) is 31.7 Å². The standard InChI is InChI=1S/C17H20BrFN4O/c1-23-10-12(7-22-23)14-8-20-9-15(14)17(24)21-5-4-11-6-13(18)2-3-16(11)19/h2-3,6-7,10,14-15,20H,4-5,8-9H2,1H3,(H,21,24)/t14-,15+/m1/s1. The summed E-state index contributed by atoms with van der Waals surface area (Å²) >= 11 is 3.34. The molecule has 2 N–H and O–H groups in total. The van der Waals surface area contributed by atoms with Crippen molar-refractivity contribution in [3.63, 3.8) is 0 Å². The van der Waals surface area contributed by atoms with E-state index in [1.165, 1.54) is 6.07 Å². The van der Waals surface area contributed by atoms with Gasteiger partial charge >= 0.3 is 0 Å². The Morgan fingerprint density at radius 2 is 2.33 bits per heavy atom. The van der Waals surface area contributed by atoms with Gasteiger partial charge in [-0.3, -0.25) is 9.48 Å². The van der Waals surface area contributed by atoms with Gasteiger partial charge in [-0.1, -0.05) is 15.9 Å². The number of carbonyl (C=O) groups is 1. The first-order valence-electron chi connectivity index (χ1n) is 7.95. The van der Waals surface area contributed by atoms with Gasteiger partial charge < -0.3 is 10.6 Å². The van der Waals surface area contributed by atoms with Gasteiger partial charge in [0.1, 0.15) is 5.82 Å². The Bertz CT molecular complexity index is 733. The second kappa shape index (κ2) is 7.44. The molecule has 24 heavy (non-hydrogen) atoms. The van der Waals surface area contributed by atoms with Crippen molar-refractivity contribution in [1.82, 2.24) is 20.4 Å². The minimum Gasteiger partial charge on any atom is -0.355 e. The molecule has 1 aliphatic rings. The van der Waals surface area contributed by atoms with Gasteiger partial charge in [0.05, 0.1) is 12.1 Å². The van der Waals surface area contributed by atoms with Crippen molar-refractivity contribution in [2.75, 3.05) is 19.6 Å². The van der Waals surface area contributed by atoms with Crippen LogP contribution in [0.25, 0.3) is 0 Å². The van der Waals surface area contributed by atoms with E-state index in [-0.39, 0.29) is 23.6 Å². The Kier molecular flexibility index (Phi) is 5.30. The zero-order valence-corrected chi connectivity index (χ0v) is 15.0. The minimum atomic E-state index is -0.247. The molecular weight excluding hydrogens is 375 g/mol. The molecule has 0 bridgehead atoms.